The van der Waals surface area contributed by atoms with E-state index in [-0.39, 0.29) is 24.1 Å². The summed E-state index contributed by atoms with van der Waals surface area (Å²) < 4.78 is 11.1. The van der Waals surface area contributed by atoms with Crippen LogP contribution in [0.4, 0.5) is 5.95 Å². The Bertz CT molecular complexity index is 414. The second kappa shape index (κ2) is 9.33. The van der Waals surface area contributed by atoms with Crippen molar-refractivity contribution in [2.24, 2.45) is 11.8 Å². The second-order valence-electron chi connectivity index (χ2n) is 5.26. The Labute approximate surface area is 126 Å². The summed E-state index contributed by atoms with van der Waals surface area (Å²) in [6.07, 6.45) is 4.59. The summed E-state index contributed by atoms with van der Waals surface area (Å²) >= 11 is 0. The van der Waals surface area contributed by atoms with Crippen LogP contribution >= 0.6 is 0 Å². The standard InChI is InChI=1S/C14H27N5O2/c1-5-7-8-11(6-2)9-20-13-16-12(19-15)17-14(18-13)21-10(3)4/h10-11H,5-9,15H2,1-4H3,(H,16,17,18,19). The van der Waals surface area contributed by atoms with Gasteiger partial charge in [-0.1, -0.05) is 33.1 Å². The summed E-state index contributed by atoms with van der Waals surface area (Å²) in [6, 6.07) is 0.452. The maximum Gasteiger partial charge on any atom is 0.324 e. The molecule has 7 heteroatoms. The minimum absolute atomic E-state index is 0.0289. The third-order valence-electron chi connectivity index (χ3n) is 3.06. The Morgan fingerprint density at radius 3 is 2.43 bits per heavy atom. The zero-order valence-corrected chi connectivity index (χ0v) is 13.4. The van der Waals surface area contributed by atoms with E-state index in [4.69, 9.17) is 15.3 Å². The van der Waals surface area contributed by atoms with E-state index < -0.39 is 0 Å². The van der Waals surface area contributed by atoms with Crippen molar-refractivity contribution in [3.8, 4) is 12.0 Å². The predicted octanol–water partition coefficient (Wildman–Crippen LogP) is 2.54. The van der Waals surface area contributed by atoms with Crippen molar-refractivity contribution in [1.82, 2.24) is 15.0 Å². The van der Waals surface area contributed by atoms with E-state index in [2.05, 4.69) is 34.2 Å². The number of nitrogens with two attached hydrogens (primary N) is 1. The monoisotopic (exact) mass is 297 g/mol. The fourth-order valence-corrected chi connectivity index (χ4v) is 1.82. The molecule has 0 amide bonds. The molecule has 1 atom stereocenters. The van der Waals surface area contributed by atoms with Gasteiger partial charge in [-0.15, -0.1) is 4.98 Å². The van der Waals surface area contributed by atoms with Crippen LogP contribution in [-0.4, -0.2) is 27.7 Å². The summed E-state index contributed by atoms with van der Waals surface area (Å²) in [4.78, 5) is 12.3. The first kappa shape index (κ1) is 17.4. The van der Waals surface area contributed by atoms with Gasteiger partial charge in [0, 0.05) is 0 Å². The molecule has 7 nitrogen and oxygen atoms in total. The van der Waals surface area contributed by atoms with Gasteiger partial charge in [0.1, 0.15) is 0 Å². The lowest BCUT2D eigenvalue weighted by molar-refractivity contribution is 0.197. The second-order valence-corrected chi connectivity index (χ2v) is 5.26. The van der Waals surface area contributed by atoms with E-state index >= 15 is 0 Å². The fraction of sp³-hybridized carbons (Fsp3) is 0.786. The van der Waals surface area contributed by atoms with E-state index in [0.717, 1.165) is 12.8 Å². The highest BCUT2D eigenvalue weighted by molar-refractivity contribution is 5.25. The number of aromatic nitrogens is 3. The molecule has 0 aliphatic carbocycles. The minimum atomic E-state index is -0.0289. The molecule has 0 bridgehead atoms. The van der Waals surface area contributed by atoms with E-state index in [1.807, 2.05) is 13.8 Å². The first-order valence-electron chi connectivity index (χ1n) is 7.61. The van der Waals surface area contributed by atoms with E-state index in [1.165, 1.54) is 12.8 Å². The number of ether oxygens (including phenoxy) is 2. The average molecular weight is 297 g/mol. The molecule has 1 heterocycles. The molecule has 1 rings (SSSR count). The Morgan fingerprint density at radius 2 is 1.86 bits per heavy atom. The SMILES string of the molecule is CCCCC(CC)COc1nc(NN)nc(OC(C)C)n1. The van der Waals surface area contributed by atoms with Crippen molar-refractivity contribution in [2.75, 3.05) is 12.0 Å². The lowest BCUT2D eigenvalue weighted by atomic mass is 10.0. The summed E-state index contributed by atoms with van der Waals surface area (Å²) in [5, 5.41) is 0. The van der Waals surface area contributed by atoms with Crippen molar-refractivity contribution in [2.45, 2.75) is 59.5 Å². The Morgan fingerprint density at radius 1 is 1.14 bits per heavy atom. The number of rotatable bonds is 10. The number of nitrogens with one attached hydrogen (secondary N) is 1. The van der Waals surface area contributed by atoms with Gasteiger partial charge >= 0.3 is 12.0 Å². The molecule has 21 heavy (non-hydrogen) atoms. The third kappa shape index (κ3) is 6.57. The number of hydrogen-bond acceptors (Lipinski definition) is 7. The van der Waals surface area contributed by atoms with Gasteiger partial charge in [0.05, 0.1) is 12.7 Å². The summed E-state index contributed by atoms with van der Waals surface area (Å²) in [5.41, 5.74) is 2.39. The third-order valence-corrected chi connectivity index (χ3v) is 3.06. The summed E-state index contributed by atoms with van der Waals surface area (Å²) in [6.45, 7) is 8.74. The molecular formula is C14H27N5O2. The maximum atomic E-state index is 5.68. The van der Waals surface area contributed by atoms with Gasteiger partial charge in [-0.3, -0.25) is 5.43 Å². The van der Waals surface area contributed by atoms with Crippen molar-refractivity contribution in [3.63, 3.8) is 0 Å². The van der Waals surface area contributed by atoms with Crippen molar-refractivity contribution >= 4 is 5.95 Å². The molecule has 1 unspecified atom stereocenters. The van der Waals surface area contributed by atoms with Crippen LogP contribution in [0, 0.1) is 5.92 Å². The normalized spacial score (nSPS) is 12.3. The number of nitrogen functional groups attached to an aromatic ring is 1. The first-order chi connectivity index (χ1) is 10.1. The van der Waals surface area contributed by atoms with Gasteiger partial charge in [-0.05, 0) is 26.2 Å². The summed E-state index contributed by atoms with van der Waals surface area (Å²) in [7, 11) is 0. The lowest BCUT2D eigenvalue weighted by Crippen LogP contribution is -2.17. The molecule has 0 aliphatic rings. The molecule has 0 saturated carbocycles. The molecule has 0 aromatic carbocycles. The predicted molar refractivity (Wildman–Crippen MR) is 82.2 cm³/mol. The lowest BCUT2D eigenvalue weighted by Gasteiger charge is -2.15. The van der Waals surface area contributed by atoms with Gasteiger partial charge in [0.15, 0.2) is 0 Å². The van der Waals surface area contributed by atoms with Gasteiger partial charge < -0.3 is 9.47 Å². The molecule has 120 valence electrons. The van der Waals surface area contributed by atoms with E-state index in [1.54, 1.807) is 0 Å². The van der Waals surface area contributed by atoms with Gasteiger partial charge in [0.2, 0.25) is 5.95 Å². The number of nitrogens with zero attached hydrogens (tertiary/aromatic N) is 3. The molecular weight excluding hydrogens is 270 g/mol. The maximum absolute atomic E-state index is 5.68. The van der Waals surface area contributed by atoms with Crippen molar-refractivity contribution in [1.29, 1.82) is 0 Å². The molecule has 0 aliphatic heterocycles. The van der Waals surface area contributed by atoms with E-state index in [0.29, 0.717) is 12.5 Å². The Balaban J connectivity index is 2.68. The molecule has 3 N–H and O–H groups in total. The molecule has 1 aromatic rings. The molecule has 0 spiro atoms. The molecule has 0 radical (unpaired) electrons. The quantitative estimate of drug-likeness (QED) is 0.506. The molecule has 1 aromatic heterocycles. The minimum Gasteiger partial charge on any atom is -0.463 e. The zero-order chi connectivity index (χ0) is 15.7. The number of anilines is 1. The van der Waals surface area contributed by atoms with Crippen molar-refractivity contribution in [3.05, 3.63) is 0 Å². The van der Waals surface area contributed by atoms with Crippen LogP contribution in [0.2, 0.25) is 0 Å². The van der Waals surface area contributed by atoms with Gasteiger partial charge in [0.25, 0.3) is 0 Å². The van der Waals surface area contributed by atoms with Crippen LogP contribution in [0.5, 0.6) is 12.0 Å². The van der Waals surface area contributed by atoms with E-state index in [9.17, 15) is 0 Å². The highest BCUT2D eigenvalue weighted by atomic mass is 16.5. The number of unbranched alkanes of at least 4 members (excludes halogenated alkanes) is 1. The number of hydrogen-bond donors (Lipinski definition) is 2. The van der Waals surface area contributed by atoms with Gasteiger partial charge in [-0.25, -0.2) is 5.84 Å². The largest absolute Gasteiger partial charge is 0.463 e. The van der Waals surface area contributed by atoms with Crippen LogP contribution in [0.3, 0.4) is 0 Å². The number of hydrazine groups is 1. The van der Waals surface area contributed by atoms with Crippen LogP contribution in [0.15, 0.2) is 0 Å². The van der Waals surface area contributed by atoms with Crippen LogP contribution in [0.1, 0.15) is 53.4 Å². The van der Waals surface area contributed by atoms with Gasteiger partial charge in [-0.2, -0.15) is 9.97 Å². The fourth-order valence-electron chi connectivity index (χ4n) is 1.82. The Kier molecular flexibility index (Phi) is 7.74. The topological polar surface area (TPSA) is 95.2 Å². The zero-order valence-electron chi connectivity index (χ0n) is 13.4. The smallest absolute Gasteiger partial charge is 0.324 e. The van der Waals surface area contributed by atoms with Crippen LogP contribution in [-0.2, 0) is 0 Å². The molecule has 0 fully saturated rings. The Hall–Kier alpha value is -1.63. The highest BCUT2D eigenvalue weighted by Gasteiger charge is 2.12. The highest BCUT2D eigenvalue weighted by Crippen LogP contribution is 2.17. The summed E-state index contributed by atoms with van der Waals surface area (Å²) in [5.74, 6) is 6.09. The first-order valence-corrected chi connectivity index (χ1v) is 7.61. The van der Waals surface area contributed by atoms with Crippen LogP contribution < -0.4 is 20.7 Å². The average Bonchev–Trinajstić information content (AvgIpc) is 2.46. The van der Waals surface area contributed by atoms with Crippen LogP contribution in [0.25, 0.3) is 0 Å². The molecule has 0 saturated heterocycles. The van der Waals surface area contributed by atoms with Crippen molar-refractivity contribution < 1.29 is 9.47 Å².